The number of halogens is 1. The van der Waals surface area contributed by atoms with Gasteiger partial charge in [0.15, 0.2) is 16.9 Å². The summed E-state index contributed by atoms with van der Waals surface area (Å²) in [5.41, 5.74) is 3.61. The van der Waals surface area contributed by atoms with Gasteiger partial charge in [0, 0.05) is 57.6 Å². The molecule has 8 rings (SSSR count). The Balaban J connectivity index is 1.14. The number of nitrogens with zero attached hydrogens (tertiary/aromatic N) is 4. The van der Waals surface area contributed by atoms with Crippen LogP contribution in [0.5, 0.6) is 5.75 Å². The van der Waals surface area contributed by atoms with Crippen LogP contribution in [0.3, 0.4) is 0 Å². The average Bonchev–Trinajstić information content (AvgIpc) is 3.55. The van der Waals surface area contributed by atoms with Crippen LogP contribution in [-0.4, -0.2) is 46.7 Å². The van der Waals surface area contributed by atoms with Gasteiger partial charge in [-0.3, -0.25) is 14.6 Å². The van der Waals surface area contributed by atoms with Crippen molar-refractivity contribution in [1.82, 2.24) is 29.9 Å². The molecule has 1 aliphatic carbocycles. The fourth-order valence-electron chi connectivity index (χ4n) is 6.25. The summed E-state index contributed by atoms with van der Waals surface area (Å²) < 4.78 is 6.99. The lowest BCUT2D eigenvalue weighted by Gasteiger charge is -2.17. The van der Waals surface area contributed by atoms with Gasteiger partial charge in [0.25, 0.3) is 5.91 Å². The Kier molecular flexibility index (Phi) is 7.35. The fourth-order valence-corrected chi connectivity index (χ4v) is 6.51. The number of aryl methyl sites for hydroxylation is 1. The highest BCUT2D eigenvalue weighted by molar-refractivity contribution is 6.34. The second-order valence-electron chi connectivity index (χ2n) is 11.8. The van der Waals surface area contributed by atoms with E-state index >= 15 is 0 Å². The van der Waals surface area contributed by atoms with Crippen LogP contribution < -0.4 is 16.4 Å². The predicted molar refractivity (Wildman–Crippen MR) is 188 cm³/mol. The Labute approximate surface area is 290 Å². The second-order valence-corrected chi connectivity index (χ2v) is 12.2. The van der Waals surface area contributed by atoms with Gasteiger partial charge in [-0.1, -0.05) is 17.7 Å². The molecule has 0 saturated heterocycles. The van der Waals surface area contributed by atoms with Gasteiger partial charge in [-0.05, 0) is 78.2 Å². The van der Waals surface area contributed by atoms with E-state index in [9.17, 15) is 29.4 Å². The highest BCUT2D eigenvalue weighted by Gasteiger charge is 2.24. The molecule has 0 fully saturated rings. The topological polar surface area (TPSA) is 193 Å². The first-order valence-electron chi connectivity index (χ1n) is 15.4. The van der Waals surface area contributed by atoms with Gasteiger partial charge in [0.1, 0.15) is 17.1 Å². The minimum Gasteiger partial charge on any atom is -0.508 e. The molecule has 4 heterocycles. The van der Waals surface area contributed by atoms with E-state index < -0.39 is 17.6 Å². The SMILES string of the molecule is Cc1cnccc1-c1cc2c(cc1Cl)[nH]c(=O)n1nc(CNC(=O)c3ccc(-c4c5ccc(=O)cc-5oc5cc(O)ccc45)c(C(=O)O)c3)nc21. The Bertz CT molecular complexity index is 2860. The Morgan fingerprint density at radius 3 is 2.57 bits per heavy atom. The van der Waals surface area contributed by atoms with Crippen LogP contribution >= 0.6 is 11.6 Å². The van der Waals surface area contributed by atoms with Crippen molar-refractivity contribution in [2.24, 2.45) is 0 Å². The lowest BCUT2D eigenvalue weighted by Crippen LogP contribution is -2.24. The van der Waals surface area contributed by atoms with Crippen molar-refractivity contribution < 1.29 is 24.2 Å². The molecule has 2 aliphatic rings. The van der Waals surface area contributed by atoms with E-state index in [0.717, 1.165) is 15.6 Å². The molecule has 4 N–H and O–H groups in total. The van der Waals surface area contributed by atoms with E-state index in [-0.39, 0.29) is 57.2 Å². The van der Waals surface area contributed by atoms with Crippen molar-refractivity contribution in [3.63, 3.8) is 0 Å². The van der Waals surface area contributed by atoms with Crippen molar-refractivity contribution in [2.45, 2.75) is 13.5 Å². The molecule has 3 aromatic heterocycles. The molecule has 0 spiro atoms. The number of nitrogens with one attached hydrogen (secondary N) is 2. The molecule has 0 atom stereocenters. The number of aromatic hydroxyl groups is 1. The number of carbonyl (C=O) groups excluding carboxylic acids is 1. The Morgan fingerprint density at radius 1 is 0.941 bits per heavy atom. The number of aromatic amines is 1. The second kappa shape index (κ2) is 11.9. The summed E-state index contributed by atoms with van der Waals surface area (Å²) >= 11 is 6.60. The largest absolute Gasteiger partial charge is 0.508 e. The molecule has 6 aromatic rings. The lowest BCUT2D eigenvalue weighted by molar-refractivity contribution is 0.0697. The minimum absolute atomic E-state index is 0.0453. The number of hydrogen-bond donors (Lipinski definition) is 4. The summed E-state index contributed by atoms with van der Waals surface area (Å²) in [6.45, 7) is 1.74. The smallest absolute Gasteiger partial charge is 0.348 e. The molecule has 0 saturated carbocycles. The number of hydrogen-bond acceptors (Lipinski definition) is 9. The van der Waals surface area contributed by atoms with Crippen molar-refractivity contribution in [2.75, 3.05) is 0 Å². The number of carbonyl (C=O) groups is 2. The molecule has 3 aromatic carbocycles. The molecular formula is C37H23ClN6O7. The van der Waals surface area contributed by atoms with Crippen molar-refractivity contribution in [1.29, 1.82) is 0 Å². The van der Waals surface area contributed by atoms with Gasteiger partial charge in [0.2, 0.25) is 0 Å². The van der Waals surface area contributed by atoms with Crippen molar-refractivity contribution in [3.05, 3.63) is 133 Å². The first-order valence-corrected chi connectivity index (χ1v) is 15.8. The number of phenols is 1. The van der Waals surface area contributed by atoms with E-state index in [1.807, 2.05) is 19.1 Å². The molecule has 14 heteroatoms. The van der Waals surface area contributed by atoms with Crippen LogP contribution in [0.25, 0.3) is 61.1 Å². The molecule has 0 unspecified atom stereocenters. The third-order valence-electron chi connectivity index (χ3n) is 8.61. The molecule has 1 aliphatic heterocycles. The van der Waals surface area contributed by atoms with E-state index in [0.29, 0.717) is 38.0 Å². The number of fused-ring (bicyclic) bond motifs is 5. The zero-order valence-corrected chi connectivity index (χ0v) is 27.1. The van der Waals surface area contributed by atoms with Crippen LogP contribution in [-0.2, 0) is 6.54 Å². The third-order valence-corrected chi connectivity index (χ3v) is 8.92. The van der Waals surface area contributed by atoms with E-state index in [1.54, 1.807) is 30.6 Å². The van der Waals surface area contributed by atoms with Gasteiger partial charge in [-0.2, -0.15) is 4.52 Å². The first-order chi connectivity index (χ1) is 24.5. The van der Waals surface area contributed by atoms with Crippen LogP contribution in [0.4, 0.5) is 0 Å². The Morgan fingerprint density at radius 2 is 1.76 bits per heavy atom. The quantitative estimate of drug-likeness (QED) is 0.154. The maximum absolute atomic E-state index is 13.4. The van der Waals surface area contributed by atoms with Gasteiger partial charge in [0.05, 0.1) is 22.6 Å². The maximum atomic E-state index is 13.4. The van der Waals surface area contributed by atoms with Gasteiger partial charge in [-0.25, -0.2) is 14.6 Å². The highest BCUT2D eigenvalue weighted by Crippen LogP contribution is 2.42. The first kappa shape index (κ1) is 31.4. The zero-order chi connectivity index (χ0) is 35.6. The lowest BCUT2D eigenvalue weighted by atomic mass is 9.90. The minimum atomic E-state index is -1.30. The number of carboxylic acids is 1. The van der Waals surface area contributed by atoms with Crippen molar-refractivity contribution >= 4 is 51.0 Å². The molecule has 13 nitrogen and oxygen atoms in total. The van der Waals surface area contributed by atoms with Crippen LogP contribution in [0.2, 0.25) is 5.02 Å². The van der Waals surface area contributed by atoms with Gasteiger partial charge < -0.3 is 24.9 Å². The summed E-state index contributed by atoms with van der Waals surface area (Å²) in [6, 6.07) is 18.1. The summed E-state index contributed by atoms with van der Waals surface area (Å²) in [5.74, 6) is -1.64. The van der Waals surface area contributed by atoms with Crippen LogP contribution in [0, 0.1) is 6.92 Å². The number of aromatic carboxylic acids is 1. The Hall–Kier alpha value is -6.86. The number of benzene rings is 4. The normalized spacial score (nSPS) is 11.5. The van der Waals surface area contributed by atoms with Gasteiger partial charge in [-0.15, -0.1) is 5.10 Å². The average molecular weight is 699 g/mol. The molecular weight excluding hydrogens is 676 g/mol. The van der Waals surface area contributed by atoms with Crippen LogP contribution in [0.1, 0.15) is 32.1 Å². The number of pyridine rings is 1. The number of rotatable bonds is 6. The number of amides is 1. The van der Waals surface area contributed by atoms with E-state index in [4.69, 9.17) is 16.0 Å². The summed E-state index contributed by atoms with van der Waals surface area (Å²) in [6.07, 6.45) is 3.39. The molecule has 1 amide bonds. The molecule has 0 bridgehead atoms. The van der Waals surface area contributed by atoms with Crippen LogP contribution in [0.15, 0.2) is 99.2 Å². The predicted octanol–water partition coefficient (Wildman–Crippen LogP) is 5.81. The standard InChI is InChI=1S/C37H23ClN6O7/c1-17-15-39-9-8-21(17)25-13-27-29(14-28(25)38)41-37(50)44-34(27)42-32(43-44)16-40-35(47)18-2-5-22(26(10-18)36(48)49)33-23-6-3-19(45)11-30(23)51-31-12-20(46)4-7-24(31)33/h2-15,45H,16H2,1H3,(H,40,47)(H,41,50)(H,48,49). The maximum Gasteiger partial charge on any atom is 0.348 e. The fraction of sp³-hybridized carbons (Fsp3) is 0.0541. The molecule has 51 heavy (non-hydrogen) atoms. The summed E-state index contributed by atoms with van der Waals surface area (Å²) in [4.78, 5) is 62.5. The highest BCUT2D eigenvalue weighted by atomic mass is 35.5. The monoisotopic (exact) mass is 698 g/mol. The number of aromatic nitrogens is 5. The summed E-state index contributed by atoms with van der Waals surface area (Å²) in [7, 11) is 0. The summed E-state index contributed by atoms with van der Waals surface area (Å²) in [5, 5.41) is 28.9. The molecule has 0 radical (unpaired) electrons. The number of carboxylic acid groups (broad SMARTS) is 1. The van der Waals surface area contributed by atoms with Gasteiger partial charge >= 0.3 is 11.7 Å². The number of H-pyrrole nitrogens is 1. The van der Waals surface area contributed by atoms with Crippen molar-refractivity contribution in [3.8, 4) is 39.3 Å². The van der Waals surface area contributed by atoms with E-state index in [2.05, 4.69) is 25.4 Å². The third kappa shape index (κ3) is 5.41. The number of phenolic OH excluding ortho intramolecular Hbond substituents is 1. The zero-order valence-electron chi connectivity index (χ0n) is 26.4. The van der Waals surface area contributed by atoms with E-state index in [1.165, 1.54) is 42.5 Å². The molecule has 250 valence electrons.